The lowest BCUT2D eigenvalue weighted by Crippen LogP contribution is -2.54. The number of amides is 4. The van der Waals surface area contributed by atoms with Crippen LogP contribution in [0.25, 0.3) is 11.8 Å². The second-order valence-electron chi connectivity index (χ2n) is 8.81. The van der Waals surface area contributed by atoms with Crippen LogP contribution in [-0.2, 0) is 9.59 Å². The Labute approximate surface area is 199 Å². The van der Waals surface area contributed by atoms with E-state index in [2.05, 4.69) is 23.7 Å². The Bertz CT molecular complexity index is 1320. The normalized spacial score (nSPS) is 16.2. The molecule has 4 rings (SSSR count). The summed E-state index contributed by atoms with van der Waals surface area (Å²) in [6.45, 7) is 10.2. The largest absolute Gasteiger partial charge is 0.335 e. The molecule has 2 aromatic carbocycles. The van der Waals surface area contributed by atoms with E-state index in [0.29, 0.717) is 11.6 Å². The molecule has 1 N–H and O–H groups in total. The van der Waals surface area contributed by atoms with Crippen LogP contribution in [0.2, 0.25) is 0 Å². The van der Waals surface area contributed by atoms with E-state index in [1.807, 2.05) is 63.2 Å². The van der Waals surface area contributed by atoms with Gasteiger partial charge in [0.25, 0.3) is 11.8 Å². The van der Waals surface area contributed by atoms with Crippen LogP contribution < -0.4 is 10.2 Å². The first-order valence-corrected chi connectivity index (χ1v) is 11.5. The Morgan fingerprint density at radius 1 is 0.971 bits per heavy atom. The van der Waals surface area contributed by atoms with Gasteiger partial charge in [-0.2, -0.15) is 0 Å². The van der Waals surface area contributed by atoms with Gasteiger partial charge < -0.3 is 4.57 Å². The number of para-hydroxylation sites is 1. The Balaban J connectivity index is 1.72. The molecule has 34 heavy (non-hydrogen) atoms. The van der Waals surface area contributed by atoms with Crippen LogP contribution in [0.4, 0.5) is 10.5 Å². The van der Waals surface area contributed by atoms with Gasteiger partial charge in [-0.15, -0.1) is 0 Å². The summed E-state index contributed by atoms with van der Waals surface area (Å²) in [5, 5.41) is 2.31. The molecule has 3 aromatic rings. The summed E-state index contributed by atoms with van der Waals surface area (Å²) in [4.78, 5) is 39.6. The van der Waals surface area contributed by atoms with Crippen LogP contribution in [0.15, 0.2) is 60.2 Å². The van der Waals surface area contributed by atoms with Crippen LogP contribution >= 0.6 is 0 Å². The lowest BCUT2D eigenvalue weighted by Gasteiger charge is -2.26. The monoisotopic (exact) mass is 455 g/mol. The standard InChI is InChI=1S/C28H29N3O3/c1-6-17(2)21-11-13-23(14-12-21)31-27(33)24(26(32)29-28(31)34)16-22-15-19(4)30(20(22)5)25-10-8-7-9-18(25)3/h7-17H,6H2,1-5H3,(H,29,32,34). The van der Waals surface area contributed by atoms with Crippen molar-refractivity contribution in [3.05, 3.63) is 88.2 Å². The number of carbonyl (C=O) groups excluding carboxylic acids is 3. The number of aromatic nitrogens is 1. The van der Waals surface area contributed by atoms with Crippen molar-refractivity contribution < 1.29 is 14.4 Å². The fraction of sp³-hybridized carbons (Fsp3) is 0.250. The molecule has 174 valence electrons. The lowest BCUT2D eigenvalue weighted by atomic mass is 9.98. The van der Waals surface area contributed by atoms with Crippen LogP contribution in [0.3, 0.4) is 0 Å². The third-order valence-electron chi connectivity index (χ3n) is 6.56. The molecule has 0 spiro atoms. The first-order valence-electron chi connectivity index (χ1n) is 11.5. The fourth-order valence-corrected chi connectivity index (χ4v) is 4.35. The van der Waals surface area contributed by atoms with Gasteiger partial charge >= 0.3 is 6.03 Å². The maximum atomic E-state index is 13.3. The molecule has 1 aliphatic rings. The molecule has 6 nitrogen and oxygen atoms in total. The Hall–Kier alpha value is -3.93. The Kier molecular flexibility index (Phi) is 6.24. The molecule has 0 radical (unpaired) electrons. The SMILES string of the molecule is CCC(C)c1ccc(N2C(=O)NC(=O)C(=Cc3cc(C)n(-c4ccccc4C)c3C)C2=O)cc1. The minimum atomic E-state index is -0.742. The third kappa shape index (κ3) is 4.07. The highest BCUT2D eigenvalue weighted by Crippen LogP contribution is 2.28. The van der Waals surface area contributed by atoms with Crippen LogP contribution in [0, 0.1) is 20.8 Å². The van der Waals surface area contributed by atoms with Gasteiger partial charge in [0, 0.05) is 17.1 Å². The molecular formula is C28H29N3O3. The van der Waals surface area contributed by atoms with E-state index in [1.165, 1.54) is 0 Å². The summed E-state index contributed by atoms with van der Waals surface area (Å²) < 4.78 is 2.10. The van der Waals surface area contributed by atoms with Gasteiger partial charge in [-0.05, 0) is 80.1 Å². The van der Waals surface area contributed by atoms with Crippen molar-refractivity contribution in [3.8, 4) is 5.69 Å². The Morgan fingerprint density at radius 2 is 1.65 bits per heavy atom. The van der Waals surface area contributed by atoms with Crippen molar-refractivity contribution in [3.63, 3.8) is 0 Å². The molecular weight excluding hydrogens is 426 g/mol. The minimum absolute atomic E-state index is 0.0735. The molecule has 1 aromatic heterocycles. The zero-order valence-electron chi connectivity index (χ0n) is 20.2. The van der Waals surface area contributed by atoms with E-state index in [-0.39, 0.29) is 5.57 Å². The van der Waals surface area contributed by atoms with Gasteiger partial charge in [-0.1, -0.05) is 44.2 Å². The lowest BCUT2D eigenvalue weighted by molar-refractivity contribution is -0.122. The van der Waals surface area contributed by atoms with Gasteiger partial charge in [0.2, 0.25) is 0 Å². The van der Waals surface area contributed by atoms with Crippen molar-refractivity contribution in [2.24, 2.45) is 0 Å². The number of benzene rings is 2. The number of carbonyl (C=O) groups is 3. The van der Waals surface area contributed by atoms with Gasteiger partial charge in [-0.25, -0.2) is 9.69 Å². The smallest absolute Gasteiger partial charge is 0.318 e. The first-order chi connectivity index (χ1) is 16.2. The number of rotatable bonds is 5. The molecule has 6 heteroatoms. The van der Waals surface area contributed by atoms with Crippen molar-refractivity contribution in [2.75, 3.05) is 4.90 Å². The molecule has 2 heterocycles. The predicted octanol–water partition coefficient (Wildman–Crippen LogP) is 5.58. The Morgan fingerprint density at radius 3 is 2.29 bits per heavy atom. The average Bonchev–Trinajstić information content (AvgIpc) is 3.09. The zero-order valence-corrected chi connectivity index (χ0v) is 20.2. The maximum Gasteiger partial charge on any atom is 0.335 e. The van der Waals surface area contributed by atoms with Gasteiger partial charge in [0.15, 0.2) is 0 Å². The summed E-state index contributed by atoms with van der Waals surface area (Å²) in [7, 11) is 0. The van der Waals surface area contributed by atoms with Crippen molar-refractivity contribution >= 4 is 29.6 Å². The number of nitrogens with one attached hydrogen (secondary N) is 1. The molecule has 1 atom stereocenters. The van der Waals surface area contributed by atoms with E-state index in [4.69, 9.17) is 0 Å². The number of urea groups is 1. The third-order valence-corrected chi connectivity index (χ3v) is 6.56. The molecule has 1 aliphatic heterocycles. The second-order valence-corrected chi connectivity index (χ2v) is 8.81. The molecule has 0 bridgehead atoms. The van der Waals surface area contributed by atoms with Crippen molar-refractivity contribution in [2.45, 2.75) is 47.0 Å². The topological polar surface area (TPSA) is 71.4 Å². The first kappa shape index (κ1) is 23.2. The molecule has 1 fully saturated rings. The second kappa shape index (κ2) is 9.14. The van der Waals surface area contributed by atoms with Crippen LogP contribution in [0.5, 0.6) is 0 Å². The van der Waals surface area contributed by atoms with Gasteiger partial charge in [-0.3, -0.25) is 14.9 Å². The summed E-state index contributed by atoms with van der Waals surface area (Å²) in [6.07, 6.45) is 2.56. The number of aryl methyl sites for hydroxylation is 2. The van der Waals surface area contributed by atoms with Crippen molar-refractivity contribution in [1.82, 2.24) is 9.88 Å². The van der Waals surface area contributed by atoms with Gasteiger partial charge in [0.05, 0.1) is 5.69 Å². The summed E-state index contributed by atoms with van der Waals surface area (Å²) in [5.41, 5.74) is 6.28. The molecule has 4 amide bonds. The quantitative estimate of drug-likeness (QED) is 0.403. The van der Waals surface area contributed by atoms with E-state index in [9.17, 15) is 14.4 Å². The fourth-order valence-electron chi connectivity index (χ4n) is 4.35. The highest BCUT2D eigenvalue weighted by atomic mass is 16.2. The zero-order chi connectivity index (χ0) is 24.6. The van der Waals surface area contributed by atoms with E-state index >= 15 is 0 Å². The van der Waals surface area contributed by atoms with Crippen LogP contribution in [0.1, 0.15) is 54.3 Å². The number of hydrogen-bond acceptors (Lipinski definition) is 3. The van der Waals surface area contributed by atoms with E-state index < -0.39 is 17.8 Å². The summed E-state index contributed by atoms with van der Waals surface area (Å²) >= 11 is 0. The summed E-state index contributed by atoms with van der Waals surface area (Å²) in [5.74, 6) is -0.950. The van der Waals surface area contributed by atoms with E-state index in [0.717, 1.165) is 45.1 Å². The van der Waals surface area contributed by atoms with Crippen molar-refractivity contribution in [1.29, 1.82) is 0 Å². The minimum Gasteiger partial charge on any atom is -0.318 e. The highest BCUT2D eigenvalue weighted by Gasteiger charge is 2.37. The molecule has 1 unspecified atom stereocenters. The number of imide groups is 2. The highest BCUT2D eigenvalue weighted by molar-refractivity contribution is 6.39. The summed E-state index contributed by atoms with van der Waals surface area (Å²) in [6, 6.07) is 16.6. The average molecular weight is 456 g/mol. The number of barbiturate groups is 1. The number of nitrogens with zero attached hydrogens (tertiary/aromatic N) is 2. The van der Waals surface area contributed by atoms with E-state index in [1.54, 1.807) is 18.2 Å². The van der Waals surface area contributed by atoms with Crippen LogP contribution in [-0.4, -0.2) is 22.4 Å². The maximum absolute atomic E-state index is 13.3. The number of hydrogen-bond donors (Lipinski definition) is 1. The van der Waals surface area contributed by atoms with Gasteiger partial charge in [0.1, 0.15) is 5.57 Å². The number of anilines is 1. The predicted molar refractivity (Wildman–Crippen MR) is 134 cm³/mol. The molecule has 0 aliphatic carbocycles. The molecule has 0 saturated carbocycles. The molecule has 1 saturated heterocycles.